The summed E-state index contributed by atoms with van der Waals surface area (Å²) in [6.07, 6.45) is 0.544. The van der Waals surface area contributed by atoms with Gasteiger partial charge in [-0.15, -0.1) is 0 Å². The monoisotopic (exact) mass is 378 g/mol. The Morgan fingerprint density at radius 2 is 2.00 bits per heavy atom. The van der Waals surface area contributed by atoms with E-state index < -0.39 is 12.4 Å². The molecule has 0 unspecified atom stereocenters. The van der Waals surface area contributed by atoms with E-state index in [1.807, 2.05) is 30.3 Å². The maximum atomic E-state index is 12.2. The van der Waals surface area contributed by atoms with Crippen molar-refractivity contribution in [3.05, 3.63) is 35.9 Å². The average molecular weight is 378 g/mol. The Hall–Kier alpha value is -2.12. The molecular formula is C20H30N2O5. The van der Waals surface area contributed by atoms with Crippen LogP contribution in [0.15, 0.2) is 30.3 Å². The predicted molar refractivity (Wildman–Crippen MR) is 101 cm³/mol. The number of hydrogen-bond acceptors (Lipinski definition) is 6. The van der Waals surface area contributed by atoms with Gasteiger partial charge in [-0.05, 0) is 24.3 Å². The molecule has 0 aromatic heterocycles. The SMILES string of the molecule is CC(=O)O[C@@H]1OCC[C@@H]1NC[C@@H](CC(C)C)NC(=O)OCc1ccccc1. The minimum absolute atomic E-state index is 0.0781. The largest absolute Gasteiger partial charge is 0.445 e. The van der Waals surface area contributed by atoms with Crippen molar-refractivity contribution in [1.82, 2.24) is 10.6 Å². The van der Waals surface area contributed by atoms with E-state index in [0.29, 0.717) is 19.1 Å². The lowest BCUT2D eigenvalue weighted by atomic mass is 10.0. The summed E-state index contributed by atoms with van der Waals surface area (Å²) in [5.74, 6) is 0.0466. The number of rotatable bonds is 9. The van der Waals surface area contributed by atoms with Crippen LogP contribution in [0.1, 0.15) is 39.2 Å². The molecule has 1 aromatic rings. The highest BCUT2D eigenvalue weighted by Crippen LogP contribution is 2.15. The van der Waals surface area contributed by atoms with Crippen molar-refractivity contribution >= 4 is 12.1 Å². The van der Waals surface area contributed by atoms with Crippen molar-refractivity contribution in [3.8, 4) is 0 Å². The molecule has 1 aliphatic heterocycles. The average Bonchev–Trinajstić information content (AvgIpc) is 3.04. The summed E-state index contributed by atoms with van der Waals surface area (Å²) in [7, 11) is 0. The molecule has 1 aromatic carbocycles. The van der Waals surface area contributed by atoms with Crippen LogP contribution in [0.5, 0.6) is 0 Å². The van der Waals surface area contributed by atoms with E-state index in [2.05, 4.69) is 24.5 Å². The molecular weight excluding hydrogens is 348 g/mol. The summed E-state index contributed by atoms with van der Waals surface area (Å²) in [5.41, 5.74) is 0.943. The molecule has 7 heteroatoms. The van der Waals surface area contributed by atoms with Gasteiger partial charge in [-0.2, -0.15) is 0 Å². The zero-order valence-electron chi connectivity index (χ0n) is 16.3. The molecule has 0 radical (unpaired) electrons. The summed E-state index contributed by atoms with van der Waals surface area (Å²) in [5, 5.41) is 6.28. The molecule has 3 atom stereocenters. The highest BCUT2D eigenvalue weighted by molar-refractivity contribution is 5.67. The topological polar surface area (TPSA) is 85.9 Å². The third-order valence-electron chi connectivity index (χ3n) is 4.24. The van der Waals surface area contributed by atoms with Gasteiger partial charge in [-0.1, -0.05) is 44.2 Å². The van der Waals surface area contributed by atoms with Crippen LogP contribution >= 0.6 is 0 Å². The second-order valence-corrected chi connectivity index (χ2v) is 7.18. The lowest BCUT2D eigenvalue weighted by Crippen LogP contribution is -2.48. The number of nitrogens with one attached hydrogen (secondary N) is 2. The Labute approximate surface area is 160 Å². The van der Waals surface area contributed by atoms with Gasteiger partial charge in [0.25, 0.3) is 0 Å². The quantitative estimate of drug-likeness (QED) is 0.643. The number of carbonyl (C=O) groups excluding carboxylic acids is 2. The summed E-state index contributed by atoms with van der Waals surface area (Å²) >= 11 is 0. The van der Waals surface area contributed by atoms with Crippen molar-refractivity contribution < 1.29 is 23.8 Å². The molecule has 0 aliphatic carbocycles. The molecule has 1 saturated heterocycles. The van der Waals surface area contributed by atoms with E-state index in [9.17, 15) is 9.59 Å². The van der Waals surface area contributed by atoms with E-state index >= 15 is 0 Å². The van der Waals surface area contributed by atoms with Gasteiger partial charge in [0.15, 0.2) is 0 Å². The Morgan fingerprint density at radius 1 is 1.26 bits per heavy atom. The second kappa shape index (κ2) is 10.9. The lowest BCUT2D eigenvalue weighted by Gasteiger charge is -2.25. The first-order valence-electron chi connectivity index (χ1n) is 9.43. The second-order valence-electron chi connectivity index (χ2n) is 7.18. The number of hydrogen-bond donors (Lipinski definition) is 2. The van der Waals surface area contributed by atoms with Gasteiger partial charge in [-0.3, -0.25) is 4.79 Å². The molecule has 150 valence electrons. The van der Waals surface area contributed by atoms with Gasteiger partial charge >= 0.3 is 12.1 Å². The van der Waals surface area contributed by atoms with Gasteiger partial charge < -0.3 is 24.8 Å². The lowest BCUT2D eigenvalue weighted by molar-refractivity contribution is -0.170. The van der Waals surface area contributed by atoms with Crippen LogP contribution in [0.25, 0.3) is 0 Å². The Morgan fingerprint density at radius 3 is 2.67 bits per heavy atom. The summed E-state index contributed by atoms with van der Waals surface area (Å²) in [6.45, 7) is 6.89. The molecule has 1 aliphatic rings. The molecule has 0 spiro atoms. The third-order valence-corrected chi connectivity index (χ3v) is 4.24. The van der Waals surface area contributed by atoms with E-state index in [0.717, 1.165) is 18.4 Å². The Bertz CT molecular complexity index is 593. The highest BCUT2D eigenvalue weighted by atomic mass is 16.7. The van der Waals surface area contributed by atoms with E-state index in [1.54, 1.807) is 0 Å². The zero-order chi connectivity index (χ0) is 19.6. The molecule has 7 nitrogen and oxygen atoms in total. The third kappa shape index (κ3) is 7.97. The number of alkyl carbamates (subject to hydrolysis) is 1. The molecule has 2 rings (SSSR count). The summed E-state index contributed by atoms with van der Waals surface area (Å²) in [6, 6.07) is 9.39. The summed E-state index contributed by atoms with van der Waals surface area (Å²) in [4.78, 5) is 23.3. The fourth-order valence-corrected chi connectivity index (χ4v) is 3.03. The smallest absolute Gasteiger partial charge is 0.407 e. The molecule has 1 heterocycles. The van der Waals surface area contributed by atoms with E-state index in [4.69, 9.17) is 14.2 Å². The molecule has 0 bridgehead atoms. The standard InChI is InChI=1S/C20H30N2O5/c1-14(2)11-17(12-21-18-9-10-25-19(18)27-15(3)23)22-20(24)26-13-16-7-5-4-6-8-16/h4-8,14,17-19,21H,9-13H2,1-3H3,(H,22,24)/t17-,18+,19+/m1/s1. The van der Waals surface area contributed by atoms with Gasteiger partial charge in [-0.25, -0.2) is 4.79 Å². The normalized spacial score (nSPS) is 20.3. The fraction of sp³-hybridized carbons (Fsp3) is 0.600. The van der Waals surface area contributed by atoms with Crippen LogP contribution in [0, 0.1) is 5.92 Å². The molecule has 1 amide bonds. The number of carbonyl (C=O) groups is 2. The fourth-order valence-electron chi connectivity index (χ4n) is 3.03. The number of benzene rings is 1. The molecule has 0 saturated carbocycles. The van der Waals surface area contributed by atoms with Crippen molar-refractivity contribution in [2.24, 2.45) is 5.92 Å². The first-order chi connectivity index (χ1) is 12.9. The van der Waals surface area contributed by atoms with Crippen LogP contribution in [0.4, 0.5) is 4.79 Å². The highest BCUT2D eigenvalue weighted by Gasteiger charge is 2.31. The molecule has 27 heavy (non-hydrogen) atoms. The van der Waals surface area contributed by atoms with Gasteiger partial charge in [0.1, 0.15) is 6.61 Å². The zero-order valence-corrected chi connectivity index (χ0v) is 16.3. The first kappa shape index (κ1) is 21.2. The van der Waals surface area contributed by atoms with E-state index in [-0.39, 0.29) is 24.7 Å². The molecule has 1 fully saturated rings. The Balaban J connectivity index is 1.81. The van der Waals surface area contributed by atoms with E-state index in [1.165, 1.54) is 6.92 Å². The van der Waals surface area contributed by atoms with Gasteiger partial charge in [0.2, 0.25) is 6.29 Å². The van der Waals surface area contributed by atoms with Crippen LogP contribution in [0.2, 0.25) is 0 Å². The van der Waals surface area contributed by atoms with Crippen molar-refractivity contribution in [3.63, 3.8) is 0 Å². The predicted octanol–water partition coefficient (Wildman–Crippen LogP) is 2.60. The molecule has 2 N–H and O–H groups in total. The number of ether oxygens (including phenoxy) is 3. The van der Waals surface area contributed by atoms with Crippen LogP contribution < -0.4 is 10.6 Å². The maximum absolute atomic E-state index is 12.2. The number of esters is 1. The minimum Gasteiger partial charge on any atom is -0.445 e. The van der Waals surface area contributed by atoms with Crippen LogP contribution in [0.3, 0.4) is 0 Å². The van der Waals surface area contributed by atoms with Crippen LogP contribution in [-0.2, 0) is 25.6 Å². The van der Waals surface area contributed by atoms with Crippen molar-refractivity contribution in [2.45, 2.75) is 58.6 Å². The minimum atomic E-state index is -0.577. The first-order valence-corrected chi connectivity index (χ1v) is 9.43. The van der Waals surface area contributed by atoms with Gasteiger partial charge in [0.05, 0.1) is 12.6 Å². The van der Waals surface area contributed by atoms with Crippen LogP contribution in [-0.4, -0.2) is 43.6 Å². The van der Waals surface area contributed by atoms with Gasteiger partial charge in [0, 0.05) is 19.5 Å². The maximum Gasteiger partial charge on any atom is 0.407 e. The van der Waals surface area contributed by atoms with Crippen molar-refractivity contribution in [2.75, 3.05) is 13.2 Å². The van der Waals surface area contributed by atoms with Crippen molar-refractivity contribution in [1.29, 1.82) is 0 Å². The number of amides is 1. The Kier molecular flexibility index (Phi) is 8.54. The summed E-state index contributed by atoms with van der Waals surface area (Å²) < 4.78 is 15.9.